The lowest BCUT2D eigenvalue weighted by atomic mass is 10.1. The van der Waals surface area contributed by atoms with E-state index in [1.54, 1.807) is 4.90 Å². The number of rotatable bonds is 5. The minimum atomic E-state index is -0.625. The number of nitrogens with two attached hydrogens (primary N) is 1. The molecular weight excluding hydrogens is 254 g/mol. The summed E-state index contributed by atoms with van der Waals surface area (Å²) in [7, 11) is 0. The summed E-state index contributed by atoms with van der Waals surface area (Å²) >= 11 is 4.72. The predicted molar refractivity (Wildman–Crippen MR) is 75.0 cm³/mol. The standard InChI is InChI=1S/C13H18F2N2S/c1-4-17(7-8(2)3)12-10(14)5-9(13(16)18)6-11(12)15/h5-6,8H,4,7H2,1-3H3,(H2,16,18). The molecule has 1 rings (SSSR count). The largest absolute Gasteiger partial charge is 0.389 e. The van der Waals surface area contributed by atoms with Crippen molar-refractivity contribution in [3.05, 3.63) is 29.3 Å². The molecule has 0 spiro atoms. The summed E-state index contributed by atoms with van der Waals surface area (Å²) < 4.78 is 27.9. The van der Waals surface area contributed by atoms with Crippen molar-refractivity contribution in [1.29, 1.82) is 0 Å². The number of hydrogen-bond acceptors (Lipinski definition) is 2. The van der Waals surface area contributed by atoms with Gasteiger partial charge in [-0.15, -0.1) is 0 Å². The van der Waals surface area contributed by atoms with Gasteiger partial charge in [-0.1, -0.05) is 26.1 Å². The summed E-state index contributed by atoms with van der Waals surface area (Å²) in [6, 6.07) is 2.37. The van der Waals surface area contributed by atoms with Gasteiger partial charge in [0.1, 0.15) is 22.3 Å². The molecule has 0 aromatic heterocycles. The maximum Gasteiger partial charge on any atom is 0.150 e. The molecule has 0 aliphatic carbocycles. The van der Waals surface area contributed by atoms with Gasteiger partial charge in [-0.3, -0.25) is 0 Å². The molecule has 2 nitrogen and oxygen atoms in total. The molecule has 0 saturated carbocycles. The van der Waals surface area contributed by atoms with Crippen molar-refractivity contribution in [2.24, 2.45) is 11.7 Å². The summed E-state index contributed by atoms with van der Waals surface area (Å²) in [6.07, 6.45) is 0. The fraction of sp³-hybridized carbons (Fsp3) is 0.462. The molecule has 0 radical (unpaired) electrons. The van der Waals surface area contributed by atoms with Crippen LogP contribution in [0.3, 0.4) is 0 Å². The number of nitrogens with zero attached hydrogens (tertiary/aromatic N) is 1. The second-order valence-electron chi connectivity index (χ2n) is 4.59. The summed E-state index contributed by atoms with van der Waals surface area (Å²) in [5.41, 5.74) is 5.58. The zero-order valence-corrected chi connectivity index (χ0v) is 11.7. The number of halogens is 2. The highest BCUT2D eigenvalue weighted by Gasteiger charge is 2.18. The molecule has 0 aliphatic heterocycles. The van der Waals surface area contributed by atoms with Crippen LogP contribution >= 0.6 is 12.2 Å². The molecule has 18 heavy (non-hydrogen) atoms. The monoisotopic (exact) mass is 272 g/mol. The summed E-state index contributed by atoms with van der Waals surface area (Å²) in [4.78, 5) is 1.67. The van der Waals surface area contributed by atoms with Gasteiger partial charge in [0.15, 0.2) is 0 Å². The van der Waals surface area contributed by atoms with Crippen molar-refractivity contribution in [2.45, 2.75) is 20.8 Å². The first-order valence-corrected chi connectivity index (χ1v) is 6.31. The Morgan fingerprint density at radius 1 is 1.33 bits per heavy atom. The smallest absolute Gasteiger partial charge is 0.150 e. The van der Waals surface area contributed by atoms with Crippen LogP contribution in [0.2, 0.25) is 0 Å². The van der Waals surface area contributed by atoms with Gasteiger partial charge in [-0.05, 0) is 25.0 Å². The Bertz CT molecular complexity index is 424. The van der Waals surface area contributed by atoms with Gasteiger partial charge in [0.05, 0.1) is 0 Å². The van der Waals surface area contributed by atoms with Gasteiger partial charge in [0, 0.05) is 18.7 Å². The summed E-state index contributed by atoms with van der Waals surface area (Å²) in [5, 5.41) is 0. The third kappa shape index (κ3) is 3.38. The van der Waals surface area contributed by atoms with Gasteiger partial charge < -0.3 is 10.6 Å². The zero-order valence-electron chi connectivity index (χ0n) is 10.8. The van der Waals surface area contributed by atoms with E-state index in [0.717, 1.165) is 0 Å². The van der Waals surface area contributed by atoms with Crippen molar-refractivity contribution >= 4 is 22.9 Å². The average molecular weight is 272 g/mol. The van der Waals surface area contributed by atoms with Crippen molar-refractivity contribution in [1.82, 2.24) is 0 Å². The van der Waals surface area contributed by atoms with E-state index >= 15 is 0 Å². The molecule has 0 bridgehead atoms. The predicted octanol–water partition coefficient (Wildman–Crippen LogP) is 3.08. The highest BCUT2D eigenvalue weighted by molar-refractivity contribution is 7.80. The first kappa shape index (κ1) is 14.8. The van der Waals surface area contributed by atoms with Crippen molar-refractivity contribution in [2.75, 3.05) is 18.0 Å². The van der Waals surface area contributed by atoms with Crippen LogP contribution in [0.4, 0.5) is 14.5 Å². The Balaban J connectivity index is 3.19. The van der Waals surface area contributed by atoms with Gasteiger partial charge in [-0.2, -0.15) is 0 Å². The van der Waals surface area contributed by atoms with E-state index in [2.05, 4.69) is 0 Å². The Kier molecular flexibility index (Phi) is 5.02. The van der Waals surface area contributed by atoms with Crippen molar-refractivity contribution in [3.63, 3.8) is 0 Å². The summed E-state index contributed by atoms with van der Waals surface area (Å²) in [6.45, 7) is 7.00. The first-order chi connectivity index (χ1) is 8.36. The molecule has 0 saturated heterocycles. The molecule has 0 aliphatic rings. The molecule has 1 aromatic rings. The fourth-order valence-electron chi connectivity index (χ4n) is 1.83. The molecule has 5 heteroatoms. The van der Waals surface area contributed by atoms with Crippen LogP contribution in [-0.2, 0) is 0 Å². The lowest BCUT2D eigenvalue weighted by molar-refractivity contribution is 0.551. The molecule has 0 heterocycles. The maximum atomic E-state index is 14.0. The molecule has 1 aromatic carbocycles. The van der Waals surface area contributed by atoms with Gasteiger partial charge in [0.2, 0.25) is 0 Å². The fourth-order valence-corrected chi connectivity index (χ4v) is 1.95. The van der Waals surface area contributed by atoms with Crippen molar-refractivity contribution in [3.8, 4) is 0 Å². The molecular formula is C13H18F2N2S. The first-order valence-electron chi connectivity index (χ1n) is 5.90. The lowest BCUT2D eigenvalue weighted by Gasteiger charge is -2.26. The third-order valence-electron chi connectivity index (χ3n) is 2.58. The van der Waals surface area contributed by atoms with E-state index in [0.29, 0.717) is 19.0 Å². The third-order valence-corrected chi connectivity index (χ3v) is 2.82. The van der Waals surface area contributed by atoms with E-state index in [1.165, 1.54) is 12.1 Å². The van der Waals surface area contributed by atoms with Crippen LogP contribution < -0.4 is 10.6 Å². The number of hydrogen-bond donors (Lipinski definition) is 1. The molecule has 0 unspecified atom stereocenters. The number of thiocarbonyl (C=S) groups is 1. The highest BCUT2D eigenvalue weighted by atomic mass is 32.1. The zero-order chi connectivity index (χ0) is 13.9. The topological polar surface area (TPSA) is 29.3 Å². The average Bonchev–Trinajstić information content (AvgIpc) is 2.25. The molecule has 100 valence electrons. The second-order valence-corrected chi connectivity index (χ2v) is 5.03. The molecule has 0 atom stereocenters. The van der Waals surface area contributed by atoms with Gasteiger partial charge >= 0.3 is 0 Å². The van der Waals surface area contributed by atoms with E-state index in [-0.39, 0.29) is 16.2 Å². The van der Waals surface area contributed by atoms with E-state index < -0.39 is 11.6 Å². The molecule has 0 fully saturated rings. The lowest BCUT2D eigenvalue weighted by Crippen LogP contribution is -2.29. The Morgan fingerprint density at radius 2 is 1.83 bits per heavy atom. The molecule has 2 N–H and O–H groups in total. The minimum Gasteiger partial charge on any atom is -0.389 e. The van der Waals surface area contributed by atoms with Gasteiger partial charge in [0.25, 0.3) is 0 Å². The minimum absolute atomic E-state index is 0.00809. The maximum absolute atomic E-state index is 14.0. The van der Waals surface area contributed by atoms with Crippen molar-refractivity contribution < 1.29 is 8.78 Å². The van der Waals surface area contributed by atoms with E-state index in [1.807, 2.05) is 20.8 Å². The Hall–Kier alpha value is -1.23. The SMILES string of the molecule is CCN(CC(C)C)c1c(F)cc(C(N)=S)cc1F. The van der Waals surface area contributed by atoms with E-state index in [4.69, 9.17) is 18.0 Å². The summed E-state index contributed by atoms with van der Waals surface area (Å²) in [5.74, 6) is -0.931. The Morgan fingerprint density at radius 3 is 2.17 bits per heavy atom. The normalized spacial score (nSPS) is 10.8. The number of anilines is 1. The van der Waals surface area contributed by atoms with Crippen LogP contribution in [0.5, 0.6) is 0 Å². The van der Waals surface area contributed by atoms with Crippen LogP contribution in [-0.4, -0.2) is 18.1 Å². The highest BCUT2D eigenvalue weighted by Crippen LogP contribution is 2.25. The quantitative estimate of drug-likeness (QED) is 0.835. The van der Waals surface area contributed by atoms with Crippen LogP contribution in [0.1, 0.15) is 26.3 Å². The van der Waals surface area contributed by atoms with Gasteiger partial charge in [-0.25, -0.2) is 8.78 Å². The number of benzene rings is 1. The van der Waals surface area contributed by atoms with E-state index in [9.17, 15) is 8.78 Å². The Labute approximate surface area is 112 Å². The van der Waals surface area contributed by atoms with Crippen LogP contribution in [0.25, 0.3) is 0 Å². The second kappa shape index (κ2) is 6.09. The van der Waals surface area contributed by atoms with Crippen LogP contribution in [0.15, 0.2) is 12.1 Å². The molecule has 0 amide bonds. The van der Waals surface area contributed by atoms with Crippen LogP contribution in [0, 0.1) is 17.6 Å².